The van der Waals surface area contributed by atoms with Crippen LogP contribution >= 0.6 is 0 Å². The van der Waals surface area contributed by atoms with Crippen LogP contribution in [-0.4, -0.2) is 37.6 Å². The monoisotopic (exact) mass is 297 g/mol. The molecule has 0 atom stereocenters. The Bertz CT molecular complexity index is 497. The normalized spacial score (nSPS) is 18.0. The number of hydrogen-bond acceptors (Lipinski definition) is 3. The molecule has 1 fully saturated rings. The predicted octanol–water partition coefficient (Wildman–Crippen LogP) is 3.96. The van der Waals surface area contributed by atoms with Gasteiger partial charge in [-0.15, -0.1) is 0 Å². The molecule has 1 aromatic carbocycles. The van der Waals surface area contributed by atoms with Crippen molar-refractivity contribution < 1.29 is 0 Å². The number of nitrogens with zero attached hydrogens (tertiary/aromatic N) is 3. The Morgan fingerprint density at radius 1 is 1.27 bits per heavy atom. The van der Waals surface area contributed by atoms with Gasteiger partial charge in [0.15, 0.2) is 0 Å². The van der Waals surface area contributed by atoms with Crippen LogP contribution in [0.5, 0.6) is 0 Å². The van der Waals surface area contributed by atoms with Gasteiger partial charge in [0.05, 0.1) is 6.67 Å². The van der Waals surface area contributed by atoms with Crippen LogP contribution in [0.2, 0.25) is 0 Å². The van der Waals surface area contributed by atoms with E-state index in [9.17, 15) is 0 Å². The molecule has 0 aliphatic carbocycles. The minimum atomic E-state index is 0.798. The van der Waals surface area contributed by atoms with Gasteiger partial charge in [0.2, 0.25) is 0 Å². The Morgan fingerprint density at radius 2 is 2.00 bits per heavy atom. The number of likely N-dealkylation sites (tertiary alicyclic amines) is 1. The molecule has 0 spiro atoms. The fourth-order valence-electron chi connectivity index (χ4n) is 2.69. The molecule has 0 radical (unpaired) electrons. The van der Waals surface area contributed by atoms with E-state index < -0.39 is 0 Å². The average molecular weight is 297 g/mol. The number of aryl methyl sites for hydroxylation is 1. The highest BCUT2D eigenvalue weighted by Gasteiger charge is 2.14. The number of piperidine rings is 1. The van der Waals surface area contributed by atoms with E-state index in [2.05, 4.69) is 52.8 Å². The zero-order chi connectivity index (χ0) is 15.6. The molecular weight excluding hydrogens is 270 g/mol. The van der Waals surface area contributed by atoms with Gasteiger partial charge in [0, 0.05) is 25.5 Å². The molecule has 2 rings (SSSR count). The fourth-order valence-corrected chi connectivity index (χ4v) is 2.69. The SMILES string of the molecule is C=N/C=C(\C=NCN1CCC(C)CC1)CCc1ccccc1. The summed E-state index contributed by atoms with van der Waals surface area (Å²) >= 11 is 0. The minimum absolute atomic E-state index is 0.798. The second-order valence-corrected chi connectivity index (χ2v) is 6.13. The summed E-state index contributed by atoms with van der Waals surface area (Å²) in [4.78, 5) is 10.9. The maximum absolute atomic E-state index is 4.60. The second kappa shape index (κ2) is 9.31. The molecular formula is C19H27N3. The molecule has 1 aliphatic heterocycles. The van der Waals surface area contributed by atoms with Crippen molar-refractivity contribution in [3.8, 4) is 0 Å². The first-order valence-electron chi connectivity index (χ1n) is 8.19. The molecule has 0 amide bonds. The van der Waals surface area contributed by atoms with Crippen LogP contribution in [0.4, 0.5) is 0 Å². The number of allylic oxidation sites excluding steroid dienone is 1. The molecule has 118 valence electrons. The van der Waals surface area contributed by atoms with E-state index >= 15 is 0 Å². The van der Waals surface area contributed by atoms with Gasteiger partial charge in [0.25, 0.3) is 0 Å². The van der Waals surface area contributed by atoms with Gasteiger partial charge in [-0.3, -0.25) is 14.9 Å². The highest BCUT2D eigenvalue weighted by Crippen LogP contribution is 2.15. The largest absolute Gasteiger partial charge is 0.284 e. The van der Waals surface area contributed by atoms with Crippen LogP contribution in [0, 0.1) is 5.92 Å². The van der Waals surface area contributed by atoms with Crippen LogP contribution in [0.3, 0.4) is 0 Å². The van der Waals surface area contributed by atoms with Gasteiger partial charge in [-0.05, 0) is 49.5 Å². The molecule has 1 saturated heterocycles. The maximum atomic E-state index is 4.60. The summed E-state index contributed by atoms with van der Waals surface area (Å²) in [6.07, 6.45) is 8.33. The summed E-state index contributed by atoms with van der Waals surface area (Å²) in [6, 6.07) is 10.5. The fraction of sp³-hybridized carbons (Fsp3) is 0.474. The molecule has 0 saturated carbocycles. The van der Waals surface area contributed by atoms with Crippen molar-refractivity contribution in [1.82, 2.24) is 4.90 Å². The minimum Gasteiger partial charge on any atom is -0.284 e. The number of aliphatic imine (C=N–C) groups is 2. The third kappa shape index (κ3) is 5.94. The van der Waals surface area contributed by atoms with Crippen molar-refractivity contribution in [3.63, 3.8) is 0 Å². The smallest absolute Gasteiger partial charge is 0.0909 e. The van der Waals surface area contributed by atoms with E-state index in [4.69, 9.17) is 0 Å². The molecule has 3 nitrogen and oxygen atoms in total. The number of benzene rings is 1. The predicted molar refractivity (Wildman–Crippen MR) is 95.7 cm³/mol. The molecule has 22 heavy (non-hydrogen) atoms. The summed E-state index contributed by atoms with van der Waals surface area (Å²) in [5.74, 6) is 0.867. The van der Waals surface area contributed by atoms with Crippen LogP contribution in [-0.2, 0) is 6.42 Å². The Morgan fingerprint density at radius 3 is 2.68 bits per heavy atom. The number of rotatable bonds is 7. The molecule has 0 N–H and O–H groups in total. The zero-order valence-electron chi connectivity index (χ0n) is 13.6. The van der Waals surface area contributed by atoms with Crippen molar-refractivity contribution in [1.29, 1.82) is 0 Å². The van der Waals surface area contributed by atoms with Crippen LogP contribution < -0.4 is 0 Å². The Balaban J connectivity index is 1.79. The molecule has 0 aromatic heterocycles. The van der Waals surface area contributed by atoms with Crippen molar-refractivity contribution >= 4 is 12.9 Å². The van der Waals surface area contributed by atoms with Crippen LogP contribution in [0.25, 0.3) is 0 Å². The third-order valence-electron chi connectivity index (χ3n) is 4.22. The summed E-state index contributed by atoms with van der Waals surface area (Å²) < 4.78 is 0. The van der Waals surface area contributed by atoms with Gasteiger partial charge in [-0.1, -0.05) is 37.3 Å². The molecule has 0 bridgehead atoms. The summed E-state index contributed by atoms with van der Waals surface area (Å²) in [6.45, 7) is 9.03. The van der Waals surface area contributed by atoms with Crippen molar-refractivity contribution in [3.05, 3.63) is 47.7 Å². The lowest BCUT2D eigenvalue weighted by Crippen LogP contribution is -2.32. The lowest BCUT2D eigenvalue weighted by molar-refractivity contribution is 0.198. The highest BCUT2D eigenvalue weighted by molar-refractivity contribution is 5.78. The van der Waals surface area contributed by atoms with E-state index in [1.165, 1.54) is 31.5 Å². The van der Waals surface area contributed by atoms with Crippen molar-refractivity contribution in [2.75, 3.05) is 19.8 Å². The maximum Gasteiger partial charge on any atom is 0.0909 e. The topological polar surface area (TPSA) is 28.0 Å². The quantitative estimate of drug-likeness (QED) is 0.700. The van der Waals surface area contributed by atoms with Crippen LogP contribution in [0.1, 0.15) is 31.7 Å². The Hall–Kier alpha value is -1.74. The summed E-state index contributed by atoms with van der Waals surface area (Å²) in [5.41, 5.74) is 2.49. The van der Waals surface area contributed by atoms with Crippen molar-refractivity contribution in [2.45, 2.75) is 32.6 Å². The van der Waals surface area contributed by atoms with Gasteiger partial charge < -0.3 is 0 Å². The van der Waals surface area contributed by atoms with Crippen molar-refractivity contribution in [2.24, 2.45) is 15.9 Å². The zero-order valence-corrected chi connectivity index (χ0v) is 13.6. The number of hydrogen-bond donors (Lipinski definition) is 0. The third-order valence-corrected chi connectivity index (χ3v) is 4.22. The van der Waals surface area contributed by atoms with Gasteiger partial charge in [0.1, 0.15) is 0 Å². The highest BCUT2D eigenvalue weighted by atomic mass is 15.2. The first-order chi connectivity index (χ1) is 10.8. The molecule has 3 heteroatoms. The Kier molecular flexibility index (Phi) is 7.04. The summed E-state index contributed by atoms with van der Waals surface area (Å²) in [5, 5.41) is 0. The van der Waals surface area contributed by atoms with E-state index in [-0.39, 0.29) is 0 Å². The standard InChI is InChI=1S/C19H27N3/c1-17-10-12-22(13-11-17)16-21-15-19(14-20-2)9-8-18-6-4-3-5-7-18/h3-7,14-15,17H,2,8-13,16H2,1H3/b19-14-,21-15?. The molecule has 1 heterocycles. The van der Waals surface area contributed by atoms with E-state index in [1.807, 2.05) is 18.5 Å². The Labute approximate surface area is 134 Å². The molecule has 1 aliphatic rings. The van der Waals surface area contributed by atoms with E-state index in [1.54, 1.807) is 0 Å². The first-order valence-corrected chi connectivity index (χ1v) is 8.19. The van der Waals surface area contributed by atoms with Gasteiger partial charge >= 0.3 is 0 Å². The van der Waals surface area contributed by atoms with E-state index in [0.717, 1.165) is 31.0 Å². The van der Waals surface area contributed by atoms with E-state index in [0.29, 0.717) is 0 Å². The average Bonchev–Trinajstić information content (AvgIpc) is 2.55. The lowest BCUT2D eigenvalue weighted by atomic mass is 10.00. The van der Waals surface area contributed by atoms with Gasteiger partial charge in [-0.2, -0.15) is 0 Å². The molecule has 0 unspecified atom stereocenters. The van der Waals surface area contributed by atoms with Gasteiger partial charge in [-0.25, -0.2) is 0 Å². The summed E-state index contributed by atoms with van der Waals surface area (Å²) in [7, 11) is 0. The van der Waals surface area contributed by atoms with Crippen LogP contribution in [0.15, 0.2) is 52.1 Å². The second-order valence-electron chi connectivity index (χ2n) is 6.13. The molecule has 1 aromatic rings. The lowest BCUT2D eigenvalue weighted by Gasteiger charge is -2.28. The first kappa shape index (κ1) is 16.6.